The van der Waals surface area contributed by atoms with Gasteiger partial charge in [0, 0.05) is 31.6 Å². The lowest BCUT2D eigenvalue weighted by Crippen LogP contribution is -2.52. The van der Waals surface area contributed by atoms with Gasteiger partial charge in [0.15, 0.2) is 5.72 Å². The van der Waals surface area contributed by atoms with Crippen molar-refractivity contribution >= 4 is 18.0 Å². The fourth-order valence-electron chi connectivity index (χ4n) is 2.66. The van der Waals surface area contributed by atoms with Gasteiger partial charge >= 0.3 is 12.3 Å². The normalized spacial score (nSPS) is 16.7. The highest BCUT2D eigenvalue weighted by Crippen LogP contribution is 2.29. The lowest BCUT2D eigenvalue weighted by Gasteiger charge is -2.40. The SMILES string of the molecule is CC(C)(C)OC(=O)ON1CCC(Nc2cccc(C#N)c2)(OC(=O)O)CC1. The summed E-state index contributed by atoms with van der Waals surface area (Å²) in [5.41, 5.74) is -0.850. The molecule has 2 rings (SSSR count). The summed E-state index contributed by atoms with van der Waals surface area (Å²) in [6.45, 7) is 5.69. The number of nitrogens with zero attached hydrogens (tertiary/aromatic N) is 2. The van der Waals surface area contributed by atoms with Crippen molar-refractivity contribution in [3.63, 3.8) is 0 Å². The number of benzene rings is 1. The molecule has 0 aromatic heterocycles. The van der Waals surface area contributed by atoms with Crippen LogP contribution < -0.4 is 5.32 Å². The fraction of sp³-hybridized carbons (Fsp3) is 0.500. The van der Waals surface area contributed by atoms with E-state index in [2.05, 4.69) is 5.32 Å². The second-order valence-electron chi connectivity index (χ2n) is 7.16. The molecule has 9 heteroatoms. The molecule has 1 aromatic rings. The zero-order chi connectivity index (χ0) is 20.1. The van der Waals surface area contributed by atoms with E-state index in [-0.39, 0.29) is 25.9 Å². The highest BCUT2D eigenvalue weighted by atomic mass is 16.8. The molecule has 1 fully saturated rings. The van der Waals surface area contributed by atoms with Crippen molar-refractivity contribution < 1.29 is 29.0 Å². The van der Waals surface area contributed by atoms with Gasteiger partial charge in [-0.05, 0) is 39.0 Å². The molecule has 2 N–H and O–H groups in total. The van der Waals surface area contributed by atoms with Gasteiger partial charge in [-0.25, -0.2) is 9.59 Å². The zero-order valence-corrected chi connectivity index (χ0v) is 15.5. The molecule has 1 saturated heterocycles. The van der Waals surface area contributed by atoms with Crippen LogP contribution >= 0.6 is 0 Å². The number of nitriles is 1. The van der Waals surface area contributed by atoms with E-state index in [0.29, 0.717) is 11.3 Å². The molecule has 146 valence electrons. The number of anilines is 1. The quantitative estimate of drug-likeness (QED) is 0.601. The molecule has 0 amide bonds. The van der Waals surface area contributed by atoms with Crippen molar-refractivity contribution in [3.8, 4) is 6.07 Å². The van der Waals surface area contributed by atoms with E-state index in [9.17, 15) is 9.59 Å². The number of carboxylic acid groups (broad SMARTS) is 1. The Morgan fingerprint density at radius 1 is 1.30 bits per heavy atom. The standard InChI is InChI=1S/C18H23N3O6/c1-17(2,3)26-16(24)27-21-9-7-18(8-10-21,25-15(22)23)20-14-6-4-5-13(11-14)12-19/h4-6,11,20H,7-10H2,1-3H3,(H,22,23). The number of carbonyl (C=O) groups is 2. The van der Waals surface area contributed by atoms with E-state index in [0.717, 1.165) is 0 Å². The highest BCUT2D eigenvalue weighted by molar-refractivity contribution is 5.60. The van der Waals surface area contributed by atoms with Crippen molar-refractivity contribution in [1.29, 1.82) is 5.26 Å². The largest absolute Gasteiger partial charge is 0.528 e. The van der Waals surface area contributed by atoms with E-state index < -0.39 is 23.6 Å². The van der Waals surface area contributed by atoms with Crippen molar-refractivity contribution in [2.24, 2.45) is 0 Å². The zero-order valence-electron chi connectivity index (χ0n) is 15.5. The summed E-state index contributed by atoms with van der Waals surface area (Å²) in [6, 6.07) is 8.69. The Kier molecular flexibility index (Phi) is 6.13. The van der Waals surface area contributed by atoms with Gasteiger partial charge in [0.25, 0.3) is 0 Å². The highest BCUT2D eigenvalue weighted by Gasteiger charge is 2.40. The Morgan fingerprint density at radius 3 is 2.52 bits per heavy atom. The molecule has 1 aliphatic rings. The average molecular weight is 377 g/mol. The molecule has 0 bridgehead atoms. The van der Waals surface area contributed by atoms with Crippen LogP contribution in [0.5, 0.6) is 0 Å². The van der Waals surface area contributed by atoms with Crippen LogP contribution in [0.3, 0.4) is 0 Å². The van der Waals surface area contributed by atoms with Crippen LogP contribution in [0, 0.1) is 11.3 Å². The van der Waals surface area contributed by atoms with Crippen molar-refractivity contribution in [1.82, 2.24) is 5.06 Å². The van der Waals surface area contributed by atoms with Crippen LogP contribution in [0.4, 0.5) is 15.3 Å². The lowest BCUT2D eigenvalue weighted by atomic mass is 10.0. The first-order chi connectivity index (χ1) is 12.6. The summed E-state index contributed by atoms with van der Waals surface area (Å²) < 4.78 is 10.2. The average Bonchev–Trinajstić information content (AvgIpc) is 2.55. The summed E-state index contributed by atoms with van der Waals surface area (Å²) in [4.78, 5) is 28.1. The molecule has 9 nitrogen and oxygen atoms in total. The van der Waals surface area contributed by atoms with E-state index in [1.165, 1.54) is 5.06 Å². The monoisotopic (exact) mass is 377 g/mol. The van der Waals surface area contributed by atoms with Gasteiger partial charge in [-0.2, -0.15) is 5.26 Å². The molecule has 0 atom stereocenters. The molecule has 0 spiro atoms. The molecule has 0 saturated carbocycles. The summed E-state index contributed by atoms with van der Waals surface area (Å²) in [7, 11) is 0. The smallest absolute Gasteiger partial charge is 0.450 e. The molecule has 1 aliphatic heterocycles. The Bertz CT molecular complexity index is 729. The van der Waals surface area contributed by atoms with Gasteiger partial charge in [0.05, 0.1) is 11.6 Å². The molecule has 0 aliphatic carbocycles. The Morgan fingerprint density at radius 2 is 1.96 bits per heavy atom. The number of piperidine rings is 1. The summed E-state index contributed by atoms with van der Waals surface area (Å²) >= 11 is 0. The topological polar surface area (TPSA) is 121 Å². The second kappa shape index (κ2) is 8.14. The van der Waals surface area contributed by atoms with Gasteiger partial charge in [-0.15, -0.1) is 5.06 Å². The molecule has 0 unspecified atom stereocenters. The third kappa shape index (κ3) is 6.34. The van der Waals surface area contributed by atoms with E-state index in [4.69, 9.17) is 24.7 Å². The minimum absolute atomic E-state index is 0.235. The molecular weight excluding hydrogens is 354 g/mol. The molecule has 1 heterocycles. The lowest BCUT2D eigenvalue weighted by molar-refractivity contribution is -0.173. The maximum Gasteiger partial charge on any atom is 0.528 e. The van der Waals surface area contributed by atoms with Crippen molar-refractivity contribution in [2.75, 3.05) is 18.4 Å². The van der Waals surface area contributed by atoms with Crippen LogP contribution in [0.25, 0.3) is 0 Å². The van der Waals surface area contributed by atoms with Gasteiger partial charge < -0.3 is 24.7 Å². The Balaban J connectivity index is 2.03. The predicted octanol–water partition coefficient (Wildman–Crippen LogP) is 3.32. The molecule has 27 heavy (non-hydrogen) atoms. The second-order valence-corrected chi connectivity index (χ2v) is 7.16. The number of carbonyl (C=O) groups excluding carboxylic acids is 1. The molecule has 1 aromatic carbocycles. The van der Waals surface area contributed by atoms with E-state index in [1.807, 2.05) is 6.07 Å². The van der Waals surface area contributed by atoms with Crippen LogP contribution in [-0.4, -0.2) is 46.9 Å². The van der Waals surface area contributed by atoms with E-state index >= 15 is 0 Å². The van der Waals surface area contributed by atoms with Gasteiger partial charge in [0.1, 0.15) is 5.60 Å². The maximum absolute atomic E-state index is 11.8. The van der Waals surface area contributed by atoms with Gasteiger partial charge in [-0.1, -0.05) is 6.07 Å². The molecular formula is C18H23N3O6. The summed E-state index contributed by atoms with van der Waals surface area (Å²) in [6.07, 6.45) is -1.76. The number of nitrogens with one attached hydrogen (secondary N) is 1. The summed E-state index contributed by atoms with van der Waals surface area (Å²) in [5, 5.41) is 22.6. The fourth-order valence-corrected chi connectivity index (χ4v) is 2.66. The van der Waals surface area contributed by atoms with Crippen LogP contribution in [0.1, 0.15) is 39.2 Å². The predicted molar refractivity (Wildman–Crippen MR) is 94.7 cm³/mol. The van der Waals surface area contributed by atoms with Gasteiger partial charge in [-0.3, -0.25) is 0 Å². The van der Waals surface area contributed by atoms with Crippen molar-refractivity contribution in [3.05, 3.63) is 29.8 Å². The van der Waals surface area contributed by atoms with Gasteiger partial charge in [0.2, 0.25) is 0 Å². The first-order valence-corrected chi connectivity index (χ1v) is 8.47. The van der Waals surface area contributed by atoms with Crippen LogP contribution in [0.15, 0.2) is 24.3 Å². The summed E-state index contributed by atoms with van der Waals surface area (Å²) in [5.74, 6) is 0. The number of rotatable bonds is 4. The number of hydroxylamine groups is 2. The maximum atomic E-state index is 11.8. The minimum atomic E-state index is -1.42. The third-order valence-corrected chi connectivity index (χ3v) is 3.77. The number of ether oxygens (including phenoxy) is 2. The Hall–Kier alpha value is -2.99. The van der Waals surface area contributed by atoms with Crippen molar-refractivity contribution in [2.45, 2.75) is 44.9 Å². The first-order valence-electron chi connectivity index (χ1n) is 8.47. The number of hydrogen-bond donors (Lipinski definition) is 2. The first kappa shape index (κ1) is 20.3. The van der Waals surface area contributed by atoms with Crippen LogP contribution in [-0.2, 0) is 14.3 Å². The van der Waals surface area contributed by atoms with Crippen LogP contribution in [0.2, 0.25) is 0 Å². The minimum Gasteiger partial charge on any atom is -0.450 e. The third-order valence-electron chi connectivity index (χ3n) is 3.77. The number of hydrogen-bond acceptors (Lipinski definition) is 8. The Labute approximate surface area is 157 Å². The van der Waals surface area contributed by atoms with E-state index in [1.54, 1.807) is 45.0 Å². The molecule has 0 radical (unpaired) electrons.